The summed E-state index contributed by atoms with van der Waals surface area (Å²) in [5.41, 5.74) is 3.20. The van der Waals surface area contributed by atoms with E-state index < -0.39 is 0 Å². The van der Waals surface area contributed by atoms with Gasteiger partial charge in [-0.2, -0.15) is 0 Å². The molecule has 0 bridgehead atoms. The lowest BCUT2D eigenvalue weighted by molar-refractivity contribution is 0.509. The number of aryl methyl sites for hydroxylation is 1. The van der Waals surface area contributed by atoms with Crippen LogP contribution in [0.2, 0.25) is 0 Å². The minimum atomic E-state index is -0.160. The van der Waals surface area contributed by atoms with Crippen LogP contribution in [-0.4, -0.2) is 6.54 Å². The summed E-state index contributed by atoms with van der Waals surface area (Å²) >= 11 is 3.42. The van der Waals surface area contributed by atoms with Crippen LogP contribution in [0.3, 0.4) is 0 Å². The van der Waals surface area contributed by atoms with Crippen LogP contribution in [0, 0.1) is 12.7 Å². The van der Waals surface area contributed by atoms with E-state index >= 15 is 0 Å². The van der Waals surface area contributed by atoms with Crippen molar-refractivity contribution in [1.82, 2.24) is 5.32 Å². The maximum atomic E-state index is 14.1. The van der Waals surface area contributed by atoms with Gasteiger partial charge >= 0.3 is 0 Å². The van der Waals surface area contributed by atoms with Crippen molar-refractivity contribution in [3.63, 3.8) is 0 Å². The molecule has 1 nitrogen and oxygen atoms in total. The van der Waals surface area contributed by atoms with Crippen LogP contribution in [0.1, 0.15) is 29.7 Å². The maximum absolute atomic E-state index is 14.1. The van der Waals surface area contributed by atoms with Gasteiger partial charge in [-0.05, 0) is 49.2 Å². The Morgan fingerprint density at radius 3 is 2.65 bits per heavy atom. The van der Waals surface area contributed by atoms with E-state index in [1.165, 1.54) is 17.2 Å². The average Bonchev–Trinajstić information content (AvgIpc) is 2.43. The molecule has 0 spiro atoms. The number of likely N-dealkylation sites (N-methyl/N-ethyl adjacent to an activating group) is 1. The second-order valence-corrected chi connectivity index (χ2v) is 5.82. The van der Waals surface area contributed by atoms with Gasteiger partial charge in [-0.25, -0.2) is 4.39 Å². The Kier molecular flexibility index (Phi) is 5.32. The molecule has 3 heteroatoms. The highest BCUT2D eigenvalue weighted by atomic mass is 79.9. The smallest absolute Gasteiger partial charge is 0.128 e. The van der Waals surface area contributed by atoms with Gasteiger partial charge in [0.25, 0.3) is 0 Å². The molecule has 106 valence electrons. The number of hydrogen-bond donors (Lipinski definition) is 1. The molecule has 2 aromatic rings. The van der Waals surface area contributed by atoms with Crippen LogP contribution in [0.15, 0.2) is 46.9 Å². The van der Waals surface area contributed by atoms with Gasteiger partial charge in [0, 0.05) is 16.1 Å². The molecule has 20 heavy (non-hydrogen) atoms. The molecular weight excluding hydrogens is 317 g/mol. The Bertz CT molecular complexity index is 583. The first-order chi connectivity index (χ1) is 9.61. The van der Waals surface area contributed by atoms with E-state index in [9.17, 15) is 4.39 Å². The lowest BCUT2D eigenvalue weighted by atomic mass is 9.96. The third-order valence-corrected chi connectivity index (χ3v) is 3.96. The summed E-state index contributed by atoms with van der Waals surface area (Å²) in [5.74, 6) is -0.160. The topological polar surface area (TPSA) is 12.0 Å². The van der Waals surface area contributed by atoms with Gasteiger partial charge in [-0.15, -0.1) is 0 Å². The molecule has 1 N–H and O–H groups in total. The van der Waals surface area contributed by atoms with Crippen molar-refractivity contribution in [3.8, 4) is 0 Å². The van der Waals surface area contributed by atoms with E-state index in [1.54, 1.807) is 6.07 Å². The number of hydrogen-bond acceptors (Lipinski definition) is 1. The Morgan fingerprint density at radius 2 is 1.95 bits per heavy atom. The first kappa shape index (κ1) is 15.2. The lowest BCUT2D eigenvalue weighted by Gasteiger charge is -2.20. The molecule has 0 amide bonds. The van der Waals surface area contributed by atoms with E-state index in [1.807, 2.05) is 25.1 Å². The summed E-state index contributed by atoms with van der Waals surface area (Å²) < 4.78 is 15.0. The fourth-order valence-electron chi connectivity index (χ4n) is 2.38. The van der Waals surface area contributed by atoms with Gasteiger partial charge in [0.2, 0.25) is 0 Å². The minimum Gasteiger partial charge on any atom is -0.310 e. The summed E-state index contributed by atoms with van der Waals surface area (Å²) in [4.78, 5) is 0. The van der Waals surface area contributed by atoms with Gasteiger partial charge in [0.1, 0.15) is 5.82 Å². The highest BCUT2D eigenvalue weighted by molar-refractivity contribution is 9.10. The third-order valence-electron chi connectivity index (χ3n) is 3.47. The molecule has 2 aromatic carbocycles. The minimum absolute atomic E-state index is 0.0152. The predicted octanol–water partition coefficient (Wildman–Crippen LogP) is 4.79. The van der Waals surface area contributed by atoms with E-state index in [0.29, 0.717) is 5.56 Å². The zero-order chi connectivity index (χ0) is 14.5. The van der Waals surface area contributed by atoms with Crippen LogP contribution in [0.5, 0.6) is 0 Å². The van der Waals surface area contributed by atoms with Gasteiger partial charge in [-0.1, -0.05) is 47.1 Å². The van der Waals surface area contributed by atoms with Gasteiger partial charge in [0.05, 0.1) is 0 Å². The normalized spacial score (nSPS) is 12.4. The molecular formula is C17H19BrFN. The number of nitrogens with one attached hydrogen (secondary N) is 1. The Morgan fingerprint density at radius 1 is 1.20 bits per heavy atom. The van der Waals surface area contributed by atoms with Crippen LogP contribution < -0.4 is 5.32 Å². The Balaban J connectivity index is 2.32. The van der Waals surface area contributed by atoms with Crippen molar-refractivity contribution in [1.29, 1.82) is 0 Å². The molecule has 1 atom stereocenters. The van der Waals surface area contributed by atoms with Crippen LogP contribution in [0.4, 0.5) is 4.39 Å². The van der Waals surface area contributed by atoms with E-state index in [4.69, 9.17) is 0 Å². The molecule has 1 unspecified atom stereocenters. The zero-order valence-electron chi connectivity index (χ0n) is 11.8. The van der Waals surface area contributed by atoms with Crippen molar-refractivity contribution in [2.45, 2.75) is 26.3 Å². The van der Waals surface area contributed by atoms with Crippen molar-refractivity contribution in [2.75, 3.05) is 6.54 Å². The molecule has 0 fully saturated rings. The standard InChI is InChI=1S/C17H19BrFN/c1-3-20-17(10-13-7-5-4-6-12(13)2)15-11-14(18)8-9-16(15)19/h4-9,11,17,20H,3,10H2,1-2H3. The third kappa shape index (κ3) is 3.68. The Hall–Kier alpha value is -1.19. The van der Waals surface area contributed by atoms with Gasteiger partial charge in [0.15, 0.2) is 0 Å². The fraction of sp³-hybridized carbons (Fsp3) is 0.294. The Labute approximate surface area is 128 Å². The highest BCUT2D eigenvalue weighted by Crippen LogP contribution is 2.25. The fourth-order valence-corrected chi connectivity index (χ4v) is 2.76. The number of benzene rings is 2. The van der Waals surface area contributed by atoms with Crippen LogP contribution in [0.25, 0.3) is 0 Å². The number of rotatable bonds is 5. The van der Waals surface area contributed by atoms with Crippen molar-refractivity contribution >= 4 is 15.9 Å². The SMILES string of the molecule is CCNC(Cc1ccccc1C)c1cc(Br)ccc1F. The highest BCUT2D eigenvalue weighted by Gasteiger charge is 2.16. The summed E-state index contributed by atoms with van der Waals surface area (Å²) in [7, 11) is 0. The van der Waals surface area contributed by atoms with Gasteiger partial charge < -0.3 is 5.32 Å². The second-order valence-electron chi connectivity index (χ2n) is 4.91. The van der Waals surface area contributed by atoms with E-state index in [-0.39, 0.29) is 11.9 Å². The van der Waals surface area contributed by atoms with Crippen LogP contribution >= 0.6 is 15.9 Å². The number of halogens is 2. The summed E-state index contributed by atoms with van der Waals surface area (Å²) in [6, 6.07) is 13.4. The monoisotopic (exact) mass is 335 g/mol. The molecule has 0 aliphatic heterocycles. The lowest BCUT2D eigenvalue weighted by Crippen LogP contribution is -2.24. The predicted molar refractivity (Wildman–Crippen MR) is 85.4 cm³/mol. The molecule has 0 aliphatic carbocycles. The van der Waals surface area contributed by atoms with E-state index in [2.05, 4.69) is 40.3 Å². The van der Waals surface area contributed by atoms with Crippen molar-refractivity contribution in [3.05, 3.63) is 69.4 Å². The molecule has 0 aromatic heterocycles. The maximum Gasteiger partial charge on any atom is 0.128 e. The molecule has 0 saturated carbocycles. The summed E-state index contributed by atoms with van der Waals surface area (Å²) in [5, 5.41) is 3.38. The van der Waals surface area contributed by atoms with Crippen molar-refractivity contribution in [2.24, 2.45) is 0 Å². The van der Waals surface area contributed by atoms with Gasteiger partial charge in [-0.3, -0.25) is 0 Å². The largest absolute Gasteiger partial charge is 0.310 e. The molecule has 0 aliphatic rings. The van der Waals surface area contributed by atoms with Crippen LogP contribution in [-0.2, 0) is 6.42 Å². The molecule has 0 radical (unpaired) electrons. The molecule has 0 saturated heterocycles. The molecule has 0 heterocycles. The summed E-state index contributed by atoms with van der Waals surface area (Å²) in [6.07, 6.45) is 0.786. The first-order valence-corrected chi connectivity index (χ1v) is 7.64. The average molecular weight is 336 g/mol. The first-order valence-electron chi connectivity index (χ1n) is 6.84. The summed E-state index contributed by atoms with van der Waals surface area (Å²) in [6.45, 7) is 4.94. The quantitative estimate of drug-likeness (QED) is 0.828. The molecule has 2 rings (SSSR count). The zero-order valence-corrected chi connectivity index (χ0v) is 13.4. The van der Waals surface area contributed by atoms with Crippen molar-refractivity contribution < 1.29 is 4.39 Å². The van der Waals surface area contributed by atoms with E-state index in [0.717, 1.165) is 17.4 Å². The second kappa shape index (κ2) is 7.00.